The second-order valence-corrected chi connectivity index (χ2v) is 5.64. The number of benzene rings is 2. The number of aliphatic hydroxyl groups is 1. The molecule has 1 atom stereocenters. The van der Waals surface area contributed by atoms with Crippen LogP contribution in [0.25, 0.3) is 10.8 Å². The molecule has 0 amide bonds. The van der Waals surface area contributed by atoms with E-state index in [2.05, 4.69) is 0 Å². The monoisotopic (exact) mass is 260 g/mol. The molecule has 2 aromatic rings. The van der Waals surface area contributed by atoms with Gasteiger partial charge in [-0.3, -0.25) is 0 Å². The highest BCUT2D eigenvalue weighted by molar-refractivity contribution is 6.35. The van der Waals surface area contributed by atoms with Gasteiger partial charge in [-0.15, -0.1) is 0 Å². The van der Waals surface area contributed by atoms with E-state index in [9.17, 15) is 5.11 Å². The van der Waals surface area contributed by atoms with Gasteiger partial charge in [0, 0.05) is 10.4 Å². The molecule has 1 fully saturated rings. The maximum atomic E-state index is 10.4. The van der Waals surface area contributed by atoms with Crippen molar-refractivity contribution >= 4 is 22.4 Å². The zero-order valence-corrected chi connectivity index (χ0v) is 11.0. The van der Waals surface area contributed by atoms with E-state index in [1.165, 1.54) is 19.3 Å². The zero-order chi connectivity index (χ0) is 12.5. The fourth-order valence-electron chi connectivity index (χ4n) is 2.75. The number of aliphatic hydroxyl groups excluding tert-OH is 1. The van der Waals surface area contributed by atoms with E-state index in [-0.39, 0.29) is 6.10 Å². The van der Waals surface area contributed by atoms with Crippen LogP contribution in [0.15, 0.2) is 36.4 Å². The van der Waals surface area contributed by atoms with Crippen LogP contribution in [0.2, 0.25) is 5.02 Å². The molecule has 18 heavy (non-hydrogen) atoms. The summed E-state index contributed by atoms with van der Waals surface area (Å²) < 4.78 is 0. The Kier molecular flexibility index (Phi) is 3.27. The maximum Gasteiger partial charge on any atom is 0.0798 e. The van der Waals surface area contributed by atoms with E-state index >= 15 is 0 Å². The Bertz CT molecular complexity index is 560. The maximum absolute atomic E-state index is 10.4. The highest BCUT2D eigenvalue weighted by atomic mass is 35.5. The van der Waals surface area contributed by atoms with E-state index in [1.807, 2.05) is 36.4 Å². The fraction of sp³-hybridized carbons (Fsp3) is 0.375. The molecule has 0 spiro atoms. The highest BCUT2D eigenvalue weighted by Gasteiger charge is 2.22. The van der Waals surface area contributed by atoms with E-state index in [1.54, 1.807) is 0 Å². The summed E-state index contributed by atoms with van der Waals surface area (Å²) in [5, 5.41) is 13.3. The summed E-state index contributed by atoms with van der Waals surface area (Å²) >= 11 is 6.20. The molecule has 1 aliphatic rings. The van der Waals surface area contributed by atoms with E-state index in [0.717, 1.165) is 27.8 Å². The summed E-state index contributed by atoms with van der Waals surface area (Å²) in [5.74, 6) is 0.703. The third-order valence-electron chi connectivity index (χ3n) is 4.04. The molecule has 0 bridgehead atoms. The lowest BCUT2D eigenvalue weighted by Crippen LogP contribution is -2.15. The van der Waals surface area contributed by atoms with Gasteiger partial charge in [0.25, 0.3) is 0 Å². The minimum atomic E-state index is -0.363. The van der Waals surface area contributed by atoms with Crippen molar-refractivity contribution in [3.63, 3.8) is 0 Å². The molecule has 2 heteroatoms. The first kappa shape index (κ1) is 12.0. The zero-order valence-electron chi connectivity index (χ0n) is 10.3. The third-order valence-corrected chi connectivity index (χ3v) is 4.37. The fourth-order valence-corrected chi connectivity index (χ4v) is 2.98. The normalized spacial score (nSPS) is 17.7. The van der Waals surface area contributed by atoms with Crippen molar-refractivity contribution in [1.82, 2.24) is 0 Å². The molecular weight excluding hydrogens is 244 g/mol. The van der Waals surface area contributed by atoms with E-state index in [0.29, 0.717) is 5.92 Å². The van der Waals surface area contributed by atoms with Crippen molar-refractivity contribution in [3.8, 4) is 0 Å². The largest absolute Gasteiger partial charge is 0.388 e. The summed E-state index contributed by atoms with van der Waals surface area (Å²) in [6.45, 7) is 0. The first-order valence-corrected chi connectivity index (χ1v) is 6.98. The molecule has 0 saturated heterocycles. The summed E-state index contributed by atoms with van der Waals surface area (Å²) in [7, 11) is 0. The van der Waals surface area contributed by atoms with Crippen LogP contribution in [0, 0.1) is 5.92 Å². The lowest BCUT2D eigenvalue weighted by molar-refractivity contribution is 0.119. The van der Waals surface area contributed by atoms with Gasteiger partial charge < -0.3 is 5.11 Å². The molecule has 1 N–H and O–H groups in total. The molecule has 0 aliphatic heterocycles. The quantitative estimate of drug-likeness (QED) is 0.847. The summed E-state index contributed by atoms with van der Waals surface area (Å²) in [4.78, 5) is 0. The van der Waals surface area contributed by atoms with Gasteiger partial charge in [-0.1, -0.05) is 61.2 Å². The van der Waals surface area contributed by atoms with Crippen LogP contribution in [-0.2, 0) is 0 Å². The number of halogens is 1. The Morgan fingerprint density at radius 2 is 1.83 bits per heavy atom. The SMILES string of the molecule is OC(CC1CCC1)c1ccc(Cl)c2ccccc12. The van der Waals surface area contributed by atoms with Crippen LogP contribution in [0.5, 0.6) is 0 Å². The Labute approximate surface area is 112 Å². The molecule has 1 unspecified atom stereocenters. The van der Waals surface area contributed by atoms with Crippen molar-refractivity contribution in [2.45, 2.75) is 31.8 Å². The lowest BCUT2D eigenvalue weighted by Gasteiger charge is -2.28. The second-order valence-electron chi connectivity index (χ2n) is 5.23. The van der Waals surface area contributed by atoms with Crippen molar-refractivity contribution < 1.29 is 5.11 Å². The minimum Gasteiger partial charge on any atom is -0.388 e. The average molecular weight is 261 g/mol. The molecule has 94 valence electrons. The van der Waals surface area contributed by atoms with Crippen molar-refractivity contribution in [3.05, 3.63) is 47.0 Å². The van der Waals surface area contributed by atoms with Gasteiger partial charge in [-0.05, 0) is 29.4 Å². The molecule has 1 aliphatic carbocycles. The molecule has 3 rings (SSSR count). The lowest BCUT2D eigenvalue weighted by atomic mass is 9.80. The third kappa shape index (κ3) is 2.13. The van der Waals surface area contributed by atoms with Crippen LogP contribution in [-0.4, -0.2) is 5.11 Å². The smallest absolute Gasteiger partial charge is 0.0798 e. The van der Waals surface area contributed by atoms with E-state index in [4.69, 9.17) is 11.6 Å². The van der Waals surface area contributed by atoms with Gasteiger partial charge in [0.2, 0.25) is 0 Å². The van der Waals surface area contributed by atoms with Gasteiger partial charge >= 0.3 is 0 Å². The molecule has 1 saturated carbocycles. The molecule has 0 heterocycles. The van der Waals surface area contributed by atoms with Crippen molar-refractivity contribution in [2.75, 3.05) is 0 Å². The Balaban J connectivity index is 1.97. The molecule has 1 nitrogen and oxygen atoms in total. The van der Waals surface area contributed by atoms with Gasteiger partial charge in [0.1, 0.15) is 0 Å². The summed E-state index contributed by atoms with van der Waals surface area (Å²) in [5.41, 5.74) is 1.02. The summed E-state index contributed by atoms with van der Waals surface area (Å²) in [6.07, 6.45) is 4.37. The minimum absolute atomic E-state index is 0.363. The van der Waals surface area contributed by atoms with Crippen LogP contribution in [0.3, 0.4) is 0 Å². The first-order valence-electron chi connectivity index (χ1n) is 6.61. The van der Waals surface area contributed by atoms with Crippen LogP contribution < -0.4 is 0 Å². The predicted molar refractivity (Wildman–Crippen MR) is 75.9 cm³/mol. The molecular formula is C16H17ClO. The summed E-state index contributed by atoms with van der Waals surface area (Å²) in [6, 6.07) is 11.9. The van der Waals surface area contributed by atoms with Crippen molar-refractivity contribution in [2.24, 2.45) is 5.92 Å². The first-order chi connectivity index (χ1) is 8.75. The number of hydrogen-bond acceptors (Lipinski definition) is 1. The van der Waals surface area contributed by atoms with Crippen molar-refractivity contribution in [1.29, 1.82) is 0 Å². The van der Waals surface area contributed by atoms with Crippen LogP contribution in [0.1, 0.15) is 37.4 Å². The van der Waals surface area contributed by atoms with Gasteiger partial charge in [-0.2, -0.15) is 0 Å². The number of rotatable bonds is 3. The highest BCUT2D eigenvalue weighted by Crippen LogP contribution is 2.37. The topological polar surface area (TPSA) is 20.2 Å². The van der Waals surface area contributed by atoms with Gasteiger partial charge in [0.15, 0.2) is 0 Å². The number of hydrogen-bond donors (Lipinski definition) is 1. The van der Waals surface area contributed by atoms with Gasteiger partial charge in [0.05, 0.1) is 6.10 Å². The Morgan fingerprint density at radius 3 is 2.50 bits per heavy atom. The van der Waals surface area contributed by atoms with Crippen LogP contribution in [0.4, 0.5) is 0 Å². The Morgan fingerprint density at radius 1 is 1.11 bits per heavy atom. The van der Waals surface area contributed by atoms with E-state index < -0.39 is 0 Å². The van der Waals surface area contributed by atoms with Crippen LogP contribution >= 0.6 is 11.6 Å². The molecule has 2 aromatic carbocycles. The molecule has 0 aromatic heterocycles. The van der Waals surface area contributed by atoms with Gasteiger partial charge in [-0.25, -0.2) is 0 Å². The second kappa shape index (κ2) is 4.91. The Hall–Kier alpha value is -1.05. The molecule has 0 radical (unpaired) electrons. The number of fused-ring (bicyclic) bond motifs is 1. The standard InChI is InChI=1S/C16H17ClO/c17-15-9-8-14(12-6-1-2-7-13(12)15)16(18)10-11-4-3-5-11/h1-2,6-9,11,16,18H,3-5,10H2. The average Bonchev–Trinajstić information content (AvgIpc) is 2.34. The predicted octanol–water partition coefficient (Wildman–Crippen LogP) is 4.72.